The zero-order valence-corrected chi connectivity index (χ0v) is 12.5. The lowest BCUT2D eigenvalue weighted by molar-refractivity contribution is -0.116. The normalized spacial score (nSPS) is 12.2. The van der Waals surface area contributed by atoms with Crippen LogP contribution in [0.2, 0.25) is 0 Å². The van der Waals surface area contributed by atoms with Crippen LogP contribution < -0.4 is 5.32 Å². The van der Waals surface area contributed by atoms with Gasteiger partial charge in [0.15, 0.2) is 0 Å². The van der Waals surface area contributed by atoms with E-state index in [0.29, 0.717) is 6.42 Å². The highest BCUT2D eigenvalue weighted by Crippen LogP contribution is 2.16. The molecule has 1 aromatic heterocycles. The van der Waals surface area contributed by atoms with Crippen LogP contribution >= 0.6 is 0 Å². The summed E-state index contributed by atoms with van der Waals surface area (Å²) in [5.74, 6) is 0.00825. The molecule has 0 saturated carbocycles. The number of aromatic nitrogens is 2. The fraction of sp³-hybridized carbons (Fsp3) is 0.375. The average molecular weight is 271 g/mol. The number of carbonyl (C=O) groups excluding carboxylic acids is 1. The summed E-state index contributed by atoms with van der Waals surface area (Å²) in [4.78, 5) is 12.0. The van der Waals surface area contributed by atoms with Gasteiger partial charge in [0.25, 0.3) is 0 Å². The van der Waals surface area contributed by atoms with Crippen molar-refractivity contribution in [1.82, 2.24) is 9.78 Å². The quantitative estimate of drug-likeness (QED) is 0.926. The van der Waals surface area contributed by atoms with Gasteiger partial charge in [-0.3, -0.25) is 9.48 Å². The van der Waals surface area contributed by atoms with E-state index in [9.17, 15) is 4.79 Å². The lowest BCUT2D eigenvalue weighted by atomic mass is 10.1. The first-order valence-electron chi connectivity index (χ1n) is 6.84. The molecule has 0 fully saturated rings. The van der Waals surface area contributed by atoms with Crippen molar-refractivity contribution in [2.45, 2.75) is 40.2 Å². The summed E-state index contributed by atoms with van der Waals surface area (Å²) < 4.78 is 1.83. The second-order valence-electron chi connectivity index (χ2n) is 5.34. The summed E-state index contributed by atoms with van der Waals surface area (Å²) in [5, 5.41) is 7.27. The molecule has 0 radical (unpaired) electrons. The number of carbonyl (C=O) groups is 1. The van der Waals surface area contributed by atoms with Crippen LogP contribution in [0.4, 0.5) is 5.69 Å². The number of hydrogen-bond acceptors (Lipinski definition) is 2. The van der Waals surface area contributed by atoms with Gasteiger partial charge >= 0.3 is 0 Å². The standard InChI is InChI=1S/C16H21N3O/c1-11-5-6-15(9-12(11)2)17-16(20)10-14(4)19-8-7-13(3)18-19/h5-9,14H,10H2,1-4H3,(H,17,20)/t14-/m1/s1. The molecular weight excluding hydrogens is 250 g/mol. The van der Waals surface area contributed by atoms with Crippen molar-refractivity contribution in [3.05, 3.63) is 47.3 Å². The summed E-state index contributed by atoms with van der Waals surface area (Å²) in [6, 6.07) is 7.94. The third-order valence-corrected chi connectivity index (χ3v) is 3.46. The summed E-state index contributed by atoms with van der Waals surface area (Å²) in [5.41, 5.74) is 4.22. The van der Waals surface area contributed by atoms with E-state index in [1.165, 1.54) is 11.1 Å². The van der Waals surface area contributed by atoms with Gasteiger partial charge in [-0.25, -0.2) is 0 Å². The Kier molecular flexibility index (Phi) is 4.23. The largest absolute Gasteiger partial charge is 0.326 e. The van der Waals surface area contributed by atoms with E-state index in [0.717, 1.165) is 11.4 Å². The summed E-state index contributed by atoms with van der Waals surface area (Å²) >= 11 is 0. The van der Waals surface area contributed by atoms with Crippen LogP contribution in [-0.4, -0.2) is 15.7 Å². The van der Waals surface area contributed by atoms with E-state index in [2.05, 4.69) is 17.3 Å². The van der Waals surface area contributed by atoms with E-state index in [1.54, 1.807) is 0 Å². The lowest BCUT2D eigenvalue weighted by Crippen LogP contribution is -2.18. The third-order valence-electron chi connectivity index (χ3n) is 3.46. The van der Waals surface area contributed by atoms with Gasteiger partial charge in [-0.2, -0.15) is 5.10 Å². The average Bonchev–Trinajstić information content (AvgIpc) is 2.80. The van der Waals surface area contributed by atoms with Crippen LogP contribution in [0.25, 0.3) is 0 Å². The van der Waals surface area contributed by atoms with E-state index >= 15 is 0 Å². The first-order chi connectivity index (χ1) is 9.45. The highest BCUT2D eigenvalue weighted by atomic mass is 16.1. The fourth-order valence-corrected chi connectivity index (χ4v) is 2.07. The Hall–Kier alpha value is -2.10. The molecule has 2 aromatic rings. The Morgan fingerprint density at radius 2 is 2.00 bits per heavy atom. The molecule has 4 heteroatoms. The Bertz CT molecular complexity index is 616. The van der Waals surface area contributed by atoms with Crippen molar-refractivity contribution in [2.75, 3.05) is 5.32 Å². The minimum atomic E-state index is 0.00825. The molecule has 20 heavy (non-hydrogen) atoms. The SMILES string of the molecule is Cc1ccn([C@H](C)CC(=O)Nc2ccc(C)c(C)c2)n1. The summed E-state index contributed by atoms with van der Waals surface area (Å²) in [6.45, 7) is 8.04. The Labute approximate surface area is 119 Å². The Morgan fingerprint density at radius 3 is 2.60 bits per heavy atom. The van der Waals surface area contributed by atoms with Gasteiger partial charge in [0.2, 0.25) is 5.91 Å². The minimum Gasteiger partial charge on any atom is -0.326 e. The molecule has 2 rings (SSSR count). The molecule has 1 atom stereocenters. The number of rotatable bonds is 4. The first-order valence-corrected chi connectivity index (χ1v) is 6.84. The molecule has 106 valence electrons. The molecule has 0 unspecified atom stereocenters. The van der Waals surface area contributed by atoms with E-state index in [4.69, 9.17) is 0 Å². The van der Waals surface area contributed by atoms with Crippen molar-refractivity contribution in [1.29, 1.82) is 0 Å². The number of benzene rings is 1. The molecule has 1 heterocycles. The minimum absolute atomic E-state index is 0.00825. The highest BCUT2D eigenvalue weighted by molar-refractivity contribution is 5.91. The van der Waals surface area contributed by atoms with Crippen molar-refractivity contribution in [3.63, 3.8) is 0 Å². The number of nitrogens with zero attached hydrogens (tertiary/aromatic N) is 2. The fourth-order valence-electron chi connectivity index (χ4n) is 2.07. The Balaban J connectivity index is 1.96. The summed E-state index contributed by atoms with van der Waals surface area (Å²) in [6.07, 6.45) is 2.32. The maximum Gasteiger partial charge on any atom is 0.226 e. The molecule has 0 aliphatic rings. The smallest absolute Gasteiger partial charge is 0.226 e. The van der Waals surface area contributed by atoms with E-state index in [-0.39, 0.29) is 11.9 Å². The van der Waals surface area contributed by atoms with Gasteiger partial charge in [-0.1, -0.05) is 6.07 Å². The number of hydrogen-bond donors (Lipinski definition) is 1. The van der Waals surface area contributed by atoms with Gasteiger partial charge in [0.1, 0.15) is 0 Å². The molecule has 0 spiro atoms. The molecule has 4 nitrogen and oxygen atoms in total. The van der Waals surface area contributed by atoms with Crippen molar-refractivity contribution < 1.29 is 4.79 Å². The lowest BCUT2D eigenvalue weighted by Gasteiger charge is -2.13. The predicted molar refractivity (Wildman–Crippen MR) is 80.8 cm³/mol. The molecule has 0 bridgehead atoms. The van der Waals surface area contributed by atoms with Crippen LogP contribution in [-0.2, 0) is 4.79 Å². The molecular formula is C16H21N3O. The summed E-state index contributed by atoms with van der Waals surface area (Å²) in [7, 11) is 0. The molecule has 0 saturated heterocycles. The number of nitrogens with one attached hydrogen (secondary N) is 1. The van der Waals surface area contributed by atoms with Gasteiger partial charge in [0.05, 0.1) is 11.7 Å². The zero-order chi connectivity index (χ0) is 14.7. The van der Waals surface area contributed by atoms with Crippen molar-refractivity contribution in [3.8, 4) is 0 Å². The molecule has 1 N–H and O–H groups in total. The second kappa shape index (κ2) is 5.90. The second-order valence-corrected chi connectivity index (χ2v) is 5.34. The van der Waals surface area contributed by atoms with Crippen LogP contribution in [0.3, 0.4) is 0 Å². The molecule has 0 aliphatic heterocycles. The number of anilines is 1. The van der Waals surface area contributed by atoms with Crippen LogP contribution in [0.15, 0.2) is 30.5 Å². The predicted octanol–water partition coefficient (Wildman–Crippen LogP) is 3.40. The first kappa shape index (κ1) is 14.3. The van der Waals surface area contributed by atoms with Crippen LogP contribution in [0, 0.1) is 20.8 Å². The zero-order valence-electron chi connectivity index (χ0n) is 12.5. The molecule has 1 amide bonds. The number of amides is 1. The van der Waals surface area contributed by atoms with Gasteiger partial charge in [0, 0.05) is 18.3 Å². The number of aryl methyl sites for hydroxylation is 3. The Morgan fingerprint density at radius 1 is 1.25 bits per heavy atom. The van der Waals surface area contributed by atoms with Gasteiger partial charge in [-0.15, -0.1) is 0 Å². The topological polar surface area (TPSA) is 46.9 Å². The maximum absolute atomic E-state index is 12.0. The maximum atomic E-state index is 12.0. The van der Waals surface area contributed by atoms with Crippen molar-refractivity contribution in [2.24, 2.45) is 0 Å². The molecule has 0 aliphatic carbocycles. The third kappa shape index (κ3) is 3.47. The molecule has 1 aromatic carbocycles. The van der Waals surface area contributed by atoms with E-state index in [1.807, 2.05) is 55.9 Å². The van der Waals surface area contributed by atoms with Crippen molar-refractivity contribution >= 4 is 11.6 Å². The van der Waals surface area contributed by atoms with Crippen LogP contribution in [0.1, 0.15) is 36.2 Å². The van der Waals surface area contributed by atoms with Crippen LogP contribution in [0.5, 0.6) is 0 Å². The van der Waals surface area contributed by atoms with Gasteiger partial charge in [-0.05, 0) is 57.0 Å². The van der Waals surface area contributed by atoms with Gasteiger partial charge < -0.3 is 5.32 Å². The monoisotopic (exact) mass is 271 g/mol. The highest BCUT2D eigenvalue weighted by Gasteiger charge is 2.12. The van der Waals surface area contributed by atoms with E-state index < -0.39 is 0 Å².